The summed E-state index contributed by atoms with van der Waals surface area (Å²) < 4.78 is 1.51. The zero-order chi connectivity index (χ0) is 14.2. The SMILES string of the molecule is Cc1nn(CC(O)CNC2(C)CC2)c(C)c1[N+](=O)[O-]. The quantitative estimate of drug-likeness (QED) is 0.591. The van der Waals surface area contributed by atoms with E-state index in [0.717, 1.165) is 12.8 Å². The van der Waals surface area contributed by atoms with Gasteiger partial charge in [-0.05, 0) is 33.6 Å². The summed E-state index contributed by atoms with van der Waals surface area (Å²) in [5.41, 5.74) is 1.08. The summed E-state index contributed by atoms with van der Waals surface area (Å²) in [6.45, 7) is 6.12. The van der Waals surface area contributed by atoms with Gasteiger partial charge in [0.1, 0.15) is 11.4 Å². The van der Waals surface area contributed by atoms with Crippen LogP contribution in [0.4, 0.5) is 5.69 Å². The number of nitrogens with zero attached hydrogens (tertiary/aromatic N) is 3. The van der Waals surface area contributed by atoms with Gasteiger partial charge in [0.2, 0.25) is 0 Å². The Hall–Kier alpha value is -1.47. The third-order valence-electron chi connectivity index (χ3n) is 3.67. The largest absolute Gasteiger partial charge is 0.390 e. The van der Waals surface area contributed by atoms with Gasteiger partial charge in [0.15, 0.2) is 0 Å². The lowest BCUT2D eigenvalue weighted by Crippen LogP contribution is -2.37. The first kappa shape index (κ1) is 14.0. The minimum atomic E-state index is -0.602. The summed E-state index contributed by atoms with van der Waals surface area (Å²) in [5, 5.41) is 28.3. The molecule has 7 nitrogen and oxygen atoms in total. The molecule has 0 spiro atoms. The molecule has 19 heavy (non-hydrogen) atoms. The van der Waals surface area contributed by atoms with Crippen LogP contribution in [0.2, 0.25) is 0 Å². The Bertz CT molecular complexity index is 493. The topological polar surface area (TPSA) is 93.2 Å². The van der Waals surface area contributed by atoms with Crippen LogP contribution in [0.5, 0.6) is 0 Å². The fourth-order valence-electron chi connectivity index (χ4n) is 2.12. The summed E-state index contributed by atoms with van der Waals surface area (Å²) in [5.74, 6) is 0. The van der Waals surface area contributed by atoms with Crippen molar-refractivity contribution in [3.05, 3.63) is 21.5 Å². The Kier molecular flexibility index (Phi) is 3.60. The number of hydrogen-bond acceptors (Lipinski definition) is 5. The number of aliphatic hydroxyl groups excluding tert-OH is 1. The van der Waals surface area contributed by atoms with Crippen LogP contribution < -0.4 is 5.32 Å². The second-order valence-corrected chi connectivity index (χ2v) is 5.55. The average molecular weight is 268 g/mol. The van der Waals surface area contributed by atoms with E-state index < -0.39 is 11.0 Å². The number of aryl methyl sites for hydroxylation is 1. The molecule has 106 valence electrons. The standard InChI is InChI=1S/C12H20N4O3/c1-8-11(16(18)19)9(2)15(14-8)7-10(17)6-13-12(3)4-5-12/h10,13,17H,4-7H2,1-3H3. The Balaban J connectivity index is 1.98. The Labute approximate surface area is 111 Å². The molecule has 2 N–H and O–H groups in total. The minimum Gasteiger partial charge on any atom is -0.390 e. The van der Waals surface area contributed by atoms with E-state index in [-0.39, 0.29) is 17.8 Å². The molecule has 1 aromatic rings. The third-order valence-corrected chi connectivity index (χ3v) is 3.67. The van der Waals surface area contributed by atoms with Gasteiger partial charge < -0.3 is 10.4 Å². The van der Waals surface area contributed by atoms with Gasteiger partial charge in [0.05, 0.1) is 17.6 Å². The van der Waals surface area contributed by atoms with Crippen molar-refractivity contribution >= 4 is 5.69 Å². The van der Waals surface area contributed by atoms with E-state index in [0.29, 0.717) is 17.9 Å². The normalized spacial score (nSPS) is 18.3. The van der Waals surface area contributed by atoms with E-state index in [1.54, 1.807) is 13.8 Å². The van der Waals surface area contributed by atoms with Crippen molar-refractivity contribution in [2.45, 2.75) is 51.8 Å². The molecule has 1 unspecified atom stereocenters. The van der Waals surface area contributed by atoms with Crippen LogP contribution in [-0.2, 0) is 6.54 Å². The van der Waals surface area contributed by atoms with Gasteiger partial charge in [-0.2, -0.15) is 5.10 Å². The van der Waals surface area contributed by atoms with Gasteiger partial charge in [-0.25, -0.2) is 0 Å². The molecule has 1 aliphatic rings. The molecule has 0 aliphatic heterocycles. The second kappa shape index (κ2) is 4.90. The second-order valence-electron chi connectivity index (χ2n) is 5.55. The first-order valence-corrected chi connectivity index (χ1v) is 6.44. The van der Waals surface area contributed by atoms with Gasteiger partial charge in [-0.3, -0.25) is 14.8 Å². The van der Waals surface area contributed by atoms with Gasteiger partial charge >= 0.3 is 5.69 Å². The third kappa shape index (κ3) is 3.10. The highest BCUT2D eigenvalue weighted by Crippen LogP contribution is 2.34. The van der Waals surface area contributed by atoms with Crippen LogP contribution in [0.15, 0.2) is 0 Å². The van der Waals surface area contributed by atoms with Crippen LogP contribution in [0.3, 0.4) is 0 Å². The summed E-state index contributed by atoms with van der Waals surface area (Å²) >= 11 is 0. The molecule has 0 bridgehead atoms. The molecular weight excluding hydrogens is 248 g/mol. The molecule has 1 atom stereocenters. The lowest BCUT2D eigenvalue weighted by atomic mass is 10.2. The van der Waals surface area contributed by atoms with Gasteiger partial charge in [0.25, 0.3) is 0 Å². The Morgan fingerprint density at radius 3 is 2.68 bits per heavy atom. The van der Waals surface area contributed by atoms with Crippen molar-refractivity contribution in [1.82, 2.24) is 15.1 Å². The van der Waals surface area contributed by atoms with E-state index in [9.17, 15) is 15.2 Å². The van der Waals surface area contributed by atoms with Gasteiger partial charge in [-0.15, -0.1) is 0 Å². The molecule has 1 saturated carbocycles. The van der Waals surface area contributed by atoms with Gasteiger partial charge in [0, 0.05) is 12.1 Å². The van der Waals surface area contributed by atoms with E-state index in [1.165, 1.54) is 4.68 Å². The van der Waals surface area contributed by atoms with E-state index in [2.05, 4.69) is 17.3 Å². The maximum Gasteiger partial charge on any atom is 0.312 e. The number of aromatic nitrogens is 2. The molecule has 1 aliphatic carbocycles. The molecule has 0 radical (unpaired) electrons. The van der Waals surface area contributed by atoms with Crippen molar-refractivity contribution < 1.29 is 10.0 Å². The maximum atomic E-state index is 10.9. The fraction of sp³-hybridized carbons (Fsp3) is 0.750. The Morgan fingerprint density at radius 2 is 2.21 bits per heavy atom. The van der Waals surface area contributed by atoms with Crippen molar-refractivity contribution in [3.8, 4) is 0 Å². The predicted molar refractivity (Wildman–Crippen MR) is 70.0 cm³/mol. The molecule has 0 aromatic carbocycles. The first-order chi connectivity index (χ1) is 8.82. The average Bonchev–Trinajstić information content (AvgIpc) is 2.97. The zero-order valence-corrected chi connectivity index (χ0v) is 11.5. The number of rotatable bonds is 6. The van der Waals surface area contributed by atoms with Crippen LogP contribution in [0.1, 0.15) is 31.2 Å². The van der Waals surface area contributed by atoms with Crippen LogP contribution >= 0.6 is 0 Å². The Morgan fingerprint density at radius 1 is 1.58 bits per heavy atom. The summed E-state index contributed by atoms with van der Waals surface area (Å²) in [7, 11) is 0. The first-order valence-electron chi connectivity index (χ1n) is 6.44. The molecular formula is C12H20N4O3. The molecule has 1 heterocycles. The molecule has 7 heteroatoms. The molecule has 0 saturated heterocycles. The highest BCUT2D eigenvalue weighted by atomic mass is 16.6. The van der Waals surface area contributed by atoms with Crippen molar-refractivity contribution in [2.75, 3.05) is 6.54 Å². The van der Waals surface area contributed by atoms with Crippen LogP contribution in [0, 0.1) is 24.0 Å². The van der Waals surface area contributed by atoms with E-state index >= 15 is 0 Å². The highest BCUT2D eigenvalue weighted by molar-refractivity contribution is 5.39. The van der Waals surface area contributed by atoms with E-state index in [4.69, 9.17) is 0 Å². The van der Waals surface area contributed by atoms with Crippen LogP contribution in [-0.4, -0.2) is 38.0 Å². The number of aliphatic hydroxyl groups is 1. The molecule has 1 aromatic heterocycles. The minimum absolute atomic E-state index is 0.0364. The number of nitrogens with one attached hydrogen (secondary N) is 1. The van der Waals surface area contributed by atoms with Crippen LogP contribution in [0.25, 0.3) is 0 Å². The highest BCUT2D eigenvalue weighted by Gasteiger charge is 2.36. The lowest BCUT2D eigenvalue weighted by molar-refractivity contribution is -0.386. The van der Waals surface area contributed by atoms with Crippen molar-refractivity contribution in [1.29, 1.82) is 0 Å². The van der Waals surface area contributed by atoms with E-state index in [1.807, 2.05) is 0 Å². The predicted octanol–water partition coefficient (Wildman–Crippen LogP) is 0.911. The maximum absolute atomic E-state index is 10.9. The number of hydrogen-bond donors (Lipinski definition) is 2. The number of nitro groups is 1. The van der Waals surface area contributed by atoms with Gasteiger partial charge in [-0.1, -0.05) is 0 Å². The summed E-state index contributed by atoms with van der Waals surface area (Å²) in [6, 6.07) is 0. The number of β-amino-alcohol motifs (C(OH)–C–C–N with tert-alkyl or cyclic N) is 1. The van der Waals surface area contributed by atoms with Crippen molar-refractivity contribution in [3.63, 3.8) is 0 Å². The van der Waals surface area contributed by atoms with Crippen molar-refractivity contribution in [2.24, 2.45) is 0 Å². The lowest BCUT2D eigenvalue weighted by Gasteiger charge is -2.16. The molecule has 0 amide bonds. The zero-order valence-electron chi connectivity index (χ0n) is 11.5. The smallest absolute Gasteiger partial charge is 0.312 e. The summed E-state index contributed by atoms with van der Waals surface area (Å²) in [6.07, 6.45) is 1.66. The molecule has 2 rings (SSSR count). The monoisotopic (exact) mass is 268 g/mol. The summed E-state index contributed by atoms with van der Waals surface area (Å²) in [4.78, 5) is 10.5. The fourth-order valence-corrected chi connectivity index (χ4v) is 2.12. The molecule has 1 fully saturated rings.